The lowest BCUT2D eigenvalue weighted by Crippen LogP contribution is -2.23. The van der Waals surface area contributed by atoms with E-state index in [1.165, 1.54) is 6.42 Å². The fourth-order valence-corrected chi connectivity index (χ4v) is 0.673. The molecule has 68 valence electrons. The van der Waals surface area contributed by atoms with Crippen LogP contribution in [-0.4, -0.2) is 12.2 Å². The molecule has 0 rings (SSSR count). The molecular formula is C10H22O. The molecule has 1 heteroatoms. The maximum atomic E-state index is 5.69. The Morgan fingerprint density at radius 1 is 1.27 bits per heavy atom. The number of rotatable bonds is 5. The van der Waals surface area contributed by atoms with Gasteiger partial charge in [0, 0.05) is 6.61 Å². The first kappa shape index (κ1) is 11.0. The lowest BCUT2D eigenvalue weighted by atomic mass is 10.1. The lowest BCUT2D eigenvalue weighted by molar-refractivity contribution is -0.0243. The van der Waals surface area contributed by atoms with Crippen molar-refractivity contribution >= 4 is 0 Å². The highest BCUT2D eigenvalue weighted by molar-refractivity contribution is 4.64. The largest absolute Gasteiger partial charge is 0.376 e. The molecule has 0 amide bonds. The van der Waals surface area contributed by atoms with E-state index in [1.54, 1.807) is 0 Å². The van der Waals surface area contributed by atoms with Gasteiger partial charge in [0.05, 0.1) is 5.60 Å². The van der Waals surface area contributed by atoms with Crippen molar-refractivity contribution in [3.05, 3.63) is 0 Å². The van der Waals surface area contributed by atoms with Crippen LogP contribution in [0.15, 0.2) is 0 Å². The third-order valence-corrected chi connectivity index (χ3v) is 2.04. The standard InChI is InChI=1S/C10H22O/c1-6-10(4,5)11-8-7-9(2)3/h9H,6-8H2,1-5H3. The zero-order valence-corrected chi connectivity index (χ0v) is 8.61. The fourth-order valence-electron chi connectivity index (χ4n) is 0.673. The number of ether oxygens (including phenoxy) is 1. The molecule has 11 heavy (non-hydrogen) atoms. The third kappa shape index (κ3) is 6.36. The quantitative estimate of drug-likeness (QED) is 0.597. The SMILES string of the molecule is CCC(C)(C)OCCC(C)C. The molecule has 0 aromatic rings. The Morgan fingerprint density at radius 3 is 2.18 bits per heavy atom. The van der Waals surface area contributed by atoms with Crippen molar-refractivity contribution in [1.29, 1.82) is 0 Å². The topological polar surface area (TPSA) is 9.23 Å². The van der Waals surface area contributed by atoms with Crippen LogP contribution >= 0.6 is 0 Å². The van der Waals surface area contributed by atoms with E-state index >= 15 is 0 Å². The van der Waals surface area contributed by atoms with Crippen molar-refractivity contribution in [2.75, 3.05) is 6.61 Å². The van der Waals surface area contributed by atoms with Crippen LogP contribution in [0.4, 0.5) is 0 Å². The van der Waals surface area contributed by atoms with E-state index in [4.69, 9.17) is 4.74 Å². The van der Waals surface area contributed by atoms with Gasteiger partial charge in [-0.25, -0.2) is 0 Å². The summed E-state index contributed by atoms with van der Waals surface area (Å²) in [6, 6.07) is 0. The molecule has 0 saturated heterocycles. The Hall–Kier alpha value is -0.0400. The maximum absolute atomic E-state index is 5.69. The van der Waals surface area contributed by atoms with Gasteiger partial charge in [-0.15, -0.1) is 0 Å². The lowest BCUT2D eigenvalue weighted by Gasteiger charge is -2.23. The van der Waals surface area contributed by atoms with E-state index < -0.39 is 0 Å². The van der Waals surface area contributed by atoms with Gasteiger partial charge in [0.1, 0.15) is 0 Å². The minimum absolute atomic E-state index is 0.0783. The molecule has 0 aliphatic rings. The summed E-state index contributed by atoms with van der Waals surface area (Å²) in [5.41, 5.74) is 0.0783. The van der Waals surface area contributed by atoms with Crippen LogP contribution in [0.3, 0.4) is 0 Å². The molecule has 0 spiro atoms. The average molecular weight is 158 g/mol. The molecule has 0 fully saturated rings. The fraction of sp³-hybridized carbons (Fsp3) is 1.00. The van der Waals surface area contributed by atoms with Crippen molar-refractivity contribution < 1.29 is 4.74 Å². The third-order valence-electron chi connectivity index (χ3n) is 2.04. The molecule has 0 N–H and O–H groups in total. The van der Waals surface area contributed by atoms with Crippen molar-refractivity contribution in [2.45, 2.75) is 53.1 Å². The van der Waals surface area contributed by atoms with Crippen molar-refractivity contribution in [3.8, 4) is 0 Å². The molecule has 0 unspecified atom stereocenters. The van der Waals surface area contributed by atoms with E-state index in [0.29, 0.717) is 0 Å². The van der Waals surface area contributed by atoms with Gasteiger partial charge in [-0.1, -0.05) is 20.8 Å². The summed E-state index contributed by atoms with van der Waals surface area (Å²) in [7, 11) is 0. The first-order chi connectivity index (χ1) is 4.98. The zero-order chi connectivity index (χ0) is 8.91. The Morgan fingerprint density at radius 2 is 1.82 bits per heavy atom. The Labute approximate surface area is 71.1 Å². The first-order valence-corrected chi connectivity index (χ1v) is 4.62. The van der Waals surface area contributed by atoms with Gasteiger partial charge in [-0.05, 0) is 32.6 Å². The van der Waals surface area contributed by atoms with Crippen molar-refractivity contribution in [1.82, 2.24) is 0 Å². The van der Waals surface area contributed by atoms with Crippen LogP contribution in [0.25, 0.3) is 0 Å². The molecule has 0 saturated carbocycles. The van der Waals surface area contributed by atoms with Gasteiger partial charge in [0.25, 0.3) is 0 Å². The molecule has 0 atom stereocenters. The van der Waals surface area contributed by atoms with Gasteiger partial charge < -0.3 is 4.74 Å². The smallest absolute Gasteiger partial charge is 0.0623 e. The second-order valence-electron chi connectivity index (χ2n) is 4.14. The van der Waals surface area contributed by atoms with Crippen LogP contribution in [-0.2, 0) is 4.74 Å². The highest BCUT2D eigenvalue weighted by Gasteiger charge is 2.14. The Kier molecular flexibility index (Phi) is 4.74. The molecule has 0 aliphatic heterocycles. The summed E-state index contributed by atoms with van der Waals surface area (Å²) in [6.07, 6.45) is 2.26. The van der Waals surface area contributed by atoms with E-state index in [0.717, 1.165) is 18.9 Å². The average Bonchev–Trinajstić information content (AvgIpc) is 1.87. The normalized spacial score (nSPS) is 12.5. The second-order valence-corrected chi connectivity index (χ2v) is 4.14. The summed E-state index contributed by atoms with van der Waals surface area (Å²) in [6.45, 7) is 11.8. The van der Waals surface area contributed by atoms with Gasteiger partial charge >= 0.3 is 0 Å². The predicted octanol–water partition coefficient (Wildman–Crippen LogP) is 3.24. The Bertz CT molecular complexity index is 95.0. The monoisotopic (exact) mass is 158 g/mol. The zero-order valence-electron chi connectivity index (χ0n) is 8.61. The minimum atomic E-state index is 0.0783. The summed E-state index contributed by atoms with van der Waals surface area (Å²) >= 11 is 0. The molecule has 0 radical (unpaired) electrons. The molecule has 1 nitrogen and oxygen atoms in total. The van der Waals surface area contributed by atoms with Crippen LogP contribution in [0, 0.1) is 5.92 Å². The highest BCUT2D eigenvalue weighted by Crippen LogP contribution is 2.14. The highest BCUT2D eigenvalue weighted by atomic mass is 16.5. The number of hydrogen-bond acceptors (Lipinski definition) is 1. The van der Waals surface area contributed by atoms with E-state index in [1.807, 2.05) is 0 Å². The molecular weight excluding hydrogens is 136 g/mol. The van der Waals surface area contributed by atoms with Gasteiger partial charge in [-0.2, -0.15) is 0 Å². The van der Waals surface area contributed by atoms with E-state index in [2.05, 4.69) is 34.6 Å². The minimum Gasteiger partial charge on any atom is -0.376 e. The van der Waals surface area contributed by atoms with Crippen molar-refractivity contribution in [2.24, 2.45) is 5.92 Å². The first-order valence-electron chi connectivity index (χ1n) is 4.62. The van der Waals surface area contributed by atoms with Gasteiger partial charge in [0.15, 0.2) is 0 Å². The van der Waals surface area contributed by atoms with Crippen LogP contribution < -0.4 is 0 Å². The Balaban J connectivity index is 3.38. The van der Waals surface area contributed by atoms with Gasteiger partial charge in [0.2, 0.25) is 0 Å². The van der Waals surface area contributed by atoms with Crippen LogP contribution in [0.1, 0.15) is 47.5 Å². The van der Waals surface area contributed by atoms with Crippen LogP contribution in [0.5, 0.6) is 0 Å². The molecule has 0 aliphatic carbocycles. The number of hydrogen-bond donors (Lipinski definition) is 0. The summed E-state index contributed by atoms with van der Waals surface area (Å²) in [4.78, 5) is 0. The van der Waals surface area contributed by atoms with Gasteiger partial charge in [-0.3, -0.25) is 0 Å². The molecule has 0 bridgehead atoms. The summed E-state index contributed by atoms with van der Waals surface area (Å²) in [5, 5.41) is 0. The summed E-state index contributed by atoms with van der Waals surface area (Å²) < 4.78 is 5.69. The molecule has 0 aromatic carbocycles. The molecule has 0 aromatic heterocycles. The maximum Gasteiger partial charge on any atom is 0.0623 e. The summed E-state index contributed by atoms with van der Waals surface area (Å²) in [5.74, 6) is 0.752. The predicted molar refractivity (Wildman–Crippen MR) is 49.8 cm³/mol. The molecule has 0 heterocycles. The van der Waals surface area contributed by atoms with E-state index in [9.17, 15) is 0 Å². The second kappa shape index (κ2) is 4.76. The van der Waals surface area contributed by atoms with Crippen molar-refractivity contribution in [3.63, 3.8) is 0 Å². The van der Waals surface area contributed by atoms with E-state index in [-0.39, 0.29) is 5.60 Å². The van der Waals surface area contributed by atoms with Crippen LogP contribution in [0.2, 0.25) is 0 Å².